The summed E-state index contributed by atoms with van der Waals surface area (Å²) in [5, 5.41) is 49.8. The van der Waals surface area contributed by atoms with Crippen LogP contribution in [0.15, 0.2) is 118 Å². The summed E-state index contributed by atoms with van der Waals surface area (Å²) in [7, 11) is 0. The Morgan fingerprint density at radius 2 is 1.08 bits per heavy atom. The van der Waals surface area contributed by atoms with Crippen molar-refractivity contribution >= 4 is 62.1 Å². The minimum Gasteiger partial charge on any atom is -0.493 e. The van der Waals surface area contributed by atoms with Gasteiger partial charge in [0.15, 0.2) is 5.65 Å². The molecule has 4 aromatic carbocycles. The lowest BCUT2D eigenvalue weighted by Gasteiger charge is -2.12. The van der Waals surface area contributed by atoms with Gasteiger partial charge in [0.25, 0.3) is 0 Å². The van der Waals surface area contributed by atoms with Gasteiger partial charge in [-0.1, -0.05) is 36.4 Å². The molecule has 0 unspecified atom stereocenters. The van der Waals surface area contributed by atoms with Crippen molar-refractivity contribution in [2.24, 2.45) is 20.5 Å². The second-order valence-electron chi connectivity index (χ2n) is 14.5. The fraction of sp³-hybridized carbons (Fsp3) is 0.152. The van der Waals surface area contributed by atoms with Crippen molar-refractivity contribution in [3.05, 3.63) is 130 Å². The molecule has 14 nitrogen and oxygen atoms in total. The van der Waals surface area contributed by atoms with E-state index in [9.17, 15) is 15.0 Å². The maximum Gasteiger partial charge on any atom is 0.342 e. The molecule has 0 saturated carbocycles. The molecule has 9 rings (SSSR count). The summed E-state index contributed by atoms with van der Waals surface area (Å²) in [4.78, 5) is 22.5. The van der Waals surface area contributed by atoms with Crippen LogP contribution >= 0.6 is 0 Å². The Labute approximate surface area is 343 Å². The average molecular weight is 795 g/mol. The van der Waals surface area contributed by atoms with Crippen molar-refractivity contribution in [1.29, 1.82) is 0 Å². The fourth-order valence-electron chi connectivity index (χ4n) is 7.47. The van der Waals surface area contributed by atoms with Crippen molar-refractivity contribution in [2.45, 2.75) is 41.5 Å². The number of para-hydroxylation sites is 4. The number of carbonyl (C=O) groups is 1. The molecule has 0 aliphatic heterocycles. The Bertz CT molecular complexity index is 3270. The van der Waals surface area contributed by atoms with Crippen LogP contribution in [0.4, 0.5) is 22.7 Å². The van der Waals surface area contributed by atoms with Crippen LogP contribution in [-0.4, -0.2) is 51.8 Å². The Morgan fingerprint density at radius 3 is 1.58 bits per heavy atom. The van der Waals surface area contributed by atoms with E-state index >= 15 is 0 Å². The average Bonchev–Trinajstić information content (AvgIpc) is 3.83. The maximum atomic E-state index is 13.1. The predicted octanol–water partition coefficient (Wildman–Crippen LogP) is 11.4. The molecule has 60 heavy (non-hydrogen) atoms. The molecule has 0 spiro atoms. The molecule has 0 aliphatic carbocycles. The first-order valence-corrected chi connectivity index (χ1v) is 19.3. The lowest BCUT2D eigenvalue weighted by atomic mass is 10.0. The molecule has 296 valence electrons. The van der Waals surface area contributed by atoms with Crippen molar-refractivity contribution < 1.29 is 19.7 Å². The number of azo groups is 2. The highest BCUT2D eigenvalue weighted by molar-refractivity contribution is 6.02. The maximum absolute atomic E-state index is 13.1. The van der Waals surface area contributed by atoms with Crippen LogP contribution in [0.5, 0.6) is 11.8 Å². The van der Waals surface area contributed by atoms with E-state index in [1.807, 2.05) is 125 Å². The van der Waals surface area contributed by atoms with Crippen molar-refractivity contribution in [3.63, 3.8) is 0 Å². The van der Waals surface area contributed by atoms with E-state index in [1.54, 1.807) is 18.2 Å². The Hall–Kier alpha value is -7.87. The van der Waals surface area contributed by atoms with Crippen LogP contribution in [0.25, 0.3) is 55.9 Å². The fourth-order valence-corrected chi connectivity index (χ4v) is 7.47. The van der Waals surface area contributed by atoms with Gasteiger partial charge in [0, 0.05) is 16.7 Å². The number of esters is 1. The van der Waals surface area contributed by atoms with Crippen molar-refractivity contribution in [3.8, 4) is 34.3 Å². The topological polar surface area (TPSA) is 177 Å². The first kappa shape index (κ1) is 37.7. The van der Waals surface area contributed by atoms with Gasteiger partial charge >= 0.3 is 5.97 Å². The number of hydrogen-bond donors (Lipinski definition) is 2. The third kappa shape index (κ3) is 6.25. The summed E-state index contributed by atoms with van der Waals surface area (Å²) in [6, 6.07) is 30.2. The number of aryl methyl sites for hydroxylation is 3. The molecule has 0 bridgehead atoms. The molecular formula is C46H38N10O4. The third-order valence-electron chi connectivity index (χ3n) is 10.8. The number of nitrogens with zero attached hydrogens (tertiary/aromatic N) is 10. The van der Waals surface area contributed by atoms with Crippen LogP contribution in [-0.2, 0) is 4.74 Å². The number of imidazole rings is 2. The molecule has 0 amide bonds. The van der Waals surface area contributed by atoms with E-state index < -0.39 is 5.97 Å². The number of ether oxygens (including phenoxy) is 1. The first-order valence-electron chi connectivity index (χ1n) is 19.3. The Morgan fingerprint density at radius 1 is 0.600 bits per heavy atom. The lowest BCUT2D eigenvalue weighted by Crippen LogP contribution is -2.10. The molecule has 0 atom stereocenters. The van der Waals surface area contributed by atoms with Crippen LogP contribution in [0.3, 0.4) is 0 Å². The zero-order chi connectivity index (χ0) is 41.8. The third-order valence-corrected chi connectivity index (χ3v) is 10.8. The number of pyridine rings is 2. The van der Waals surface area contributed by atoms with Crippen LogP contribution < -0.4 is 0 Å². The highest BCUT2D eigenvalue weighted by Gasteiger charge is 2.26. The molecule has 5 heterocycles. The number of rotatable bonds is 8. The van der Waals surface area contributed by atoms with Crippen LogP contribution in [0.1, 0.15) is 45.1 Å². The molecule has 2 N–H and O–H groups in total. The molecule has 0 aliphatic rings. The molecule has 0 saturated heterocycles. The highest BCUT2D eigenvalue weighted by Crippen LogP contribution is 2.41. The smallest absolute Gasteiger partial charge is 0.342 e. The zero-order valence-corrected chi connectivity index (χ0v) is 33.6. The summed E-state index contributed by atoms with van der Waals surface area (Å²) in [5.74, 6) is -0.756. The largest absolute Gasteiger partial charge is 0.493 e. The van der Waals surface area contributed by atoms with E-state index in [2.05, 4.69) is 35.6 Å². The normalized spacial score (nSPS) is 12.0. The second-order valence-corrected chi connectivity index (χ2v) is 14.5. The summed E-state index contributed by atoms with van der Waals surface area (Å²) in [6.07, 6.45) is 0. The summed E-state index contributed by atoms with van der Waals surface area (Å²) >= 11 is 0. The van der Waals surface area contributed by atoms with Gasteiger partial charge in [0.05, 0.1) is 51.4 Å². The zero-order valence-electron chi connectivity index (χ0n) is 33.6. The Kier molecular flexibility index (Phi) is 9.31. The summed E-state index contributed by atoms with van der Waals surface area (Å²) in [5.41, 5.74) is 12.6. The van der Waals surface area contributed by atoms with E-state index in [0.717, 1.165) is 44.4 Å². The van der Waals surface area contributed by atoms with Gasteiger partial charge in [0.2, 0.25) is 11.8 Å². The Balaban J connectivity index is 0.958. The summed E-state index contributed by atoms with van der Waals surface area (Å²) in [6.45, 7) is 11.3. The van der Waals surface area contributed by atoms with Gasteiger partial charge in [-0.3, -0.25) is 8.80 Å². The lowest BCUT2D eigenvalue weighted by molar-refractivity contribution is 0.0527. The number of aromatic hydroxyl groups is 2. The highest BCUT2D eigenvalue weighted by atomic mass is 16.5. The quantitative estimate of drug-likeness (QED) is 0.113. The summed E-state index contributed by atoms with van der Waals surface area (Å²) < 4.78 is 8.58. The van der Waals surface area contributed by atoms with Gasteiger partial charge in [-0.25, -0.2) is 14.8 Å². The van der Waals surface area contributed by atoms with Gasteiger partial charge in [-0.05, 0) is 124 Å². The molecular weight excluding hydrogens is 757 g/mol. The van der Waals surface area contributed by atoms with Crippen molar-refractivity contribution in [2.75, 3.05) is 6.61 Å². The second kappa shape index (κ2) is 14.8. The minimum absolute atomic E-state index is 0.0107. The monoisotopic (exact) mass is 794 g/mol. The standard InChI is InChI=1S/C46H38N10O4/c1-7-60-46(59)39-28(6)41(45(58)56-38-15-11-9-13-36(38)48-43(39)56)54-50-32-19-17-30(23-25(32)3)34-21-20-33(51-52-34)29-16-18-31(24(2)22-29)49-53-40-26(4)27(5)42-47-35-12-8-10-14-37(35)55(42)44(40)57/h8-23,57-58H,7H2,1-6H3. The van der Waals surface area contributed by atoms with Gasteiger partial charge < -0.3 is 14.9 Å². The molecule has 9 aromatic rings. The molecule has 5 aromatic heterocycles. The van der Waals surface area contributed by atoms with Gasteiger partial charge in [-0.2, -0.15) is 10.2 Å². The van der Waals surface area contributed by atoms with E-state index in [-0.39, 0.29) is 35.3 Å². The van der Waals surface area contributed by atoms with Gasteiger partial charge in [-0.15, -0.1) is 20.4 Å². The van der Waals surface area contributed by atoms with E-state index in [4.69, 9.17) is 9.72 Å². The number of fused-ring (bicyclic) bond motifs is 6. The molecule has 0 fully saturated rings. The number of benzene rings is 4. The predicted molar refractivity (Wildman–Crippen MR) is 230 cm³/mol. The number of hydrogen-bond acceptors (Lipinski definition) is 12. The van der Waals surface area contributed by atoms with Crippen LogP contribution in [0, 0.1) is 34.6 Å². The first-order chi connectivity index (χ1) is 29.0. The number of carbonyl (C=O) groups excluding carboxylic acids is 1. The van der Waals surface area contributed by atoms with Crippen LogP contribution in [0.2, 0.25) is 0 Å². The van der Waals surface area contributed by atoms with E-state index in [0.29, 0.717) is 50.7 Å². The van der Waals surface area contributed by atoms with E-state index in [1.165, 1.54) is 4.40 Å². The molecule has 0 radical (unpaired) electrons. The number of aromatic nitrogens is 6. The van der Waals surface area contributed by atoms with Gasteiger partial charge in [0.1, 0.15) is 22.6 Å². The van der Waals surface area contributed by atoms with Crippen molar-refractivity contribution in [1.82, 2.24) is 29.0 Å². The minimum atomic E-state index is -0.560. The molecule has 14 heteroatoms. The SMILES string of the molecule is CCOC(=O)c1c(C)c(N=Nc2ccc(-c3ccc(-c4ccc(N=Nc5c(C)c(C)c6nc7ccccc7n6c5O)c(C)c4)nn3)cc2C)c(O)n2c1nc1ccccc12.